The fourth-order valence-electron chi connectivity index (χ4n) is 5.12. The molecule has 0 N–H and O–H groups in total. The van der Waals surface area contributed by atoms with E-state index in [2.05, 4.69) is 15.1 Å². The number of rotatable bonds is 3. The summed E-state index contributed by atoms with van der Waals surface area (Å²) in [5.74, 6) is -0.153. The maximum absolute atomic E-state index is 14.9. The topological polar surface area (TPSA) is 93.6 Å². The first-order valence-electron chi connectivity index (χ1n) is 9.81. The molecule has 4 rings (SSSR count). The van der Waals surface area contributed by atoms with E-state index in [9.17, 15) is 12.8 Å². The molecular weight excluding hydrogens is 405 g/mol. The Labute approximate surface area is 178 Å². The van der Waals surface area contributed by atoms with Crippen LogP contribution < -0.4 is 0 Å². The fraction of sp³-hybridized carbons (Fsp3) is 0.438. The van der Waals surface area contributed by atoms with E-state index in [0.717, 1.165) is 5.56 Å². The van der Waals surface area contributed by atoms with Crippen LogP contribution in [0.2, 0.25) is 0 Å². The highest BCUT2D eigenvalue weighted by atomic mass is 32.2. The van der Waals surface area contributed by atoms with Crippen LogP contribution in [-0.2, 0) is 10.0 Å². The molecule has 0 radical (unpaired) electrons. The molecule has 0 atom stereocenters. The summed E-state index contributed by atoms with van der Waals surface area (Å²) in [5.41, 5.74) is 1.53. The molecule has 0 aliphatic carbocycles. The molecule has 0 amide bonds. The molecule has 0 aromatic carbocycles. The van der Waals surface area contributed by atoms with E-state index in [1.807, 2.05) is 37.6 Å². The molecule has 0 unspecified atom stereocenters. The number of hydrogen-bond donors (Lipinski definition) is 0. The Kier molecular flexibility index (Phi) is 4.74. The number of pyridine rings is 1. The van der Waals surface area contributed by atoms with Gasteiger partial charge in [-0.05, 0) is 47.5 Å². The molecule has 3 aromatic rings. The Hall–Kier alpha value is -2.07. The predicted octanol–water partition coefficient (Wildman–Crippen LogP) is -2.12. The van der Waals surface area contributed by atoms with E-state index in [-0.39, 0.29) is 16.7 Å². The van der Waals surface area contributed by atoms with Crippen LogP contribution in [0.3, 0.4) is 0 Å². The first-order chi connectivity index (χ1) is 13.8. The van der Waals surface area contributed by atoms with Crippen molar-refractivity contribution >= 4 is 47.1 Å². The van der Waals surface area contributed by atoms with Crippen LogP contribution in [0.5, 0.6) is 0 Å². The normalized spacial score (nSPS) is 20.0. The largest absolute Gasteiger partial charge is 0.428 e. The van der Waals surface area contributed by atoms with Crippen LogP contribution in [0, 0.1) is 19.7 Å². The summed E-state index contributed by atoms with van der Waals surface area (Å²) in [6.07, 6.45) is 5.42. The number of nitrogens with zero attached hydrogens (tertiary/aromatic N) is 5. The Morgan fingerprint density at radius 2 is 1.80 bits per heavy atom. The lowest BCUT2D eigenvalue weighted by Crippen LogP contribution is -2.68. The van der Waals surface area contributed by atoms with Crippen molar-refractivity contribution < 1.29 is 17.2 Å². The van der Waals surface area contributed by atoms with Gasteiger partial charge in [0.2, 0.25) is 0 Å². The van der Waals surface area contributed by atoms with Crippen molar-refractivity contribution in [3.63, 3.8) is 0 Å². The number of sulfonamides is 1. The summed E-state index contributed by atoms with van der Waals surface area (Å²) in [4.78, 5) is 7.93. The number of fused-ring (bicyclic) bond motifs is 1. The van der Waals surface area contributed by atoms with Crippen LogP contribution >= 0.6 is 0 Å². The van der Waals surface area contributed by atoms with E-state index in [4.69, 9.17) is 4.42 Å². The molecule has 30 heavy (non-hydrogen) atoms. The highest BCUT2D eigenvalue weighted by Gasteiger charge is 2.52. The first-order valence-corrected chi connectivity index (χ1v) is 11.2. The van der Waals surface area contributed by atoms with E-state index < -0.39 is 26.5 Å². The molecule has 154 valence electrons. The molecule has 1 fully saturated rings. The van der Waals surface area contributed by atoms with Crippen molar-refractivity contribution in [2.45, 2.75) is 48.4 Å². The van der Waals surface area contributed by atoms with Gasteiger partial charge in [-0.3, -0.25) is 0 Å². The van der Waals surface area contributed by atoms with Crippen molar-refractivity contribution in [3.8, 4) is 0 Å². The third kappa shape index (κ3) is 3.20. The monoisotopic (exact) mass is 427 g/mol. The van der Waals surface area contributed by atoms with Gasteiger partial charge in [-0.2, -0.15) is 5.10 Å². The summed E-state index contributed by atoms with van der Waals surface area (Å²) >= 11 is 0. The van der Waals surface area contributed by atoms with E-state index in [1.54, 1.807) is 13.8 Å². The molecule has 0 bridgehead atoms. The molecular formula is C16H22B4FN5O3S. The molecule has 3 aromatic heterocycles. The average Bonchev–Trinajstić information content (AvgIpc) is 3.24. The molecule has 4 heterocycles. The third-order valence-corrected chi connectivity index (χ3v) is 8.09. The second-order valence-electron chi connectivity index (χ2n) is 9.25. The van der Waals surface area contributed by atoms with Gasteiger partial charge in [-0.1, -0.05) is 0 Å². The third-order valence-electron chi connectivity index (χ3n) is 5.92. The van der Waals surface area contributed by atoms with Crippen LogP contribution in [0.25, 0.3) is 5.65 Å². The van der Waals surface area contributed by atoms with Crippen LogP contribution in [-0.4, -0.2) is 74.4 Å². The quantitative estimate of drug-likeness (QED) is 0.445. The maximum atomic E-state index is 14.9. The molecule has 1 saturated heterocycles. The van der Waals surface area contributed by atoms with E-state index in [0.29, 0.717) is 24.3 Å². The van der Waals surface area contributed by atoms with Gasteiger partial charge in [0.05, 0.1) is 6.20 Å². The summed E-state index contributed by atoms with van der Waals surface area (Å²) in [7, 11) is 3.66. The van der Waals surface area contributed by atoms with Gasteiger partial charge in [-0.15, -0.1) is 0 Å². The molecule has 1 aliphatic rings. The van der Waals surface area contributed by atoms with Crippen molar-refractivity contribution in [2.75, 3.05) is 0 Å². The lowest BCUT2D eigenvalue weighted by Gasteiger charge is -2.54. The highest BCUT2D eigenvalue weighted by molar-refractivity contribution is 7.89. The van der Waals surface area contributed by atoms with Gasteiger partial charge in [-0.25, -0.2) is 31.6 Å². The van der Waals surface area contributed by atoms with Crippen LogP contribution in [0.1, 0.15) is 35.8 Å². The Bertz CT molecular complexity index is 1220. The highest BCUT2D eigenvalue weighted by Crippen LogP contribution is 2.45. The minimum Gasteiger partial charge on any atom is -0.428 e. The summed E-state index contributed by atoms with van der Waals surface area (Å²) in [5, 5.41) is 2.44. The first kappa shape index (κ1) is 21.2. The van der Waals surface area contributed by atoms with Crippen molar-refractivity contribution in [1.29, 1.82) is 0 Å². The van der Waals surface area contributed by atoms with Gasteiger partial charge >= 0.3 is 0 Å². The van der Waals surface area contributed by atoms with E-state index >= 15 is 0 Å². The molecule has 1 aliphatic heterocycles. The van der Waals surface area contributed by atoms with Gasteiger partial charge in [0.1, 0.15) is 37.7 Å². The number of oxazole rings is 1. The molecule has 0 saturated carbocycles. The number of piperidine rings is 1. The molecule has 14 heteroatoms. The summed E-state index contributed by atoms with van der Waals surface area (Å²) in [6, 6.07) is 0. The second-order valence-corrected chi connectivity index (χ2v) is 11.0. The fourth-order valence-corrected chi connectivity index (χ4v) is 7.16. The minimum absolute atomic E-state index is 0.0546. The van der Waals surface area contributed by atoms with Gasteiger partial charge < -0.3 is 4.42 Å². The second kappa shape index (κ2) is 6.71. The number of aromatic nitrogens is 4. The zero-order chi connectivity index (χ0) is 22.1. The van der Waals surface area contributed by atoms with Crippen molar-refractivity contribution in [1.82, 2.24) is 23.9 Å². The number of hydrogen-bond acceptors (Lipinski definition) is 6. The van der Waals surface area contributed by atoms with Crippen molar-refractivity contribution in [2.24, 2.45) is 0 Å². The summed E-state index contributed by atoms with van der Waals surface area (Å²) in [6.45, 7) is 3.35. The number of halogens is 1. The summed E-state index contributed by atoms with van der Waals surface area (Å²) < 4.78 is 50.1. The van der Waals surface area contributed by atoms with Crippen LogP contribution in [0.4, 0.5) is 4.39 Å². The average molecular weight is 427 g/mol. The van der Waals surface area contributed by atoms with Gasteiger partial charge in [0.25, 0.3) is 15.1 Å². The smallest absolute Gasteiger partial charge is 0.276 e. The van der Waals surface area contributed by atoms with Gasteiger partial charge in [0.15, 0.2) is 17.4 Å². The number of aryl methyl sites for hydroxylation is 1. The zero-order valence-electron chi connectivity index (χ0n) is 18.0. The molecule has 8 nitrogen and oxygen atoms in total. The van der Waals surface area contributed by atoms with Crippen molar-refractivity contribution in [3.05, 3.63) is 41.6 Å². The Morgan fingerprint density at radius 3 is 2.37 bits per heavy atom. The van der Waals surface area contributed by atoms with Gasteiger partial charge in [0, 0.05) is 13.1 Å². The van der Waals surface area contributed by atoms with E-state index in [1.165, 1.54) is 21.3 Å². The van der Waals surface area contributed by atoms with Crippen LogP contribution in [0.15, 0.2) is 28.2 Å². The lowest BCUT2D eigenvalue weighted by atomic mass is 9.46. The Balaban J connectivity index is 1.78. The molecule has 0 spiro atoms. The predicted molar refractivity (Wildman–Crippen MR) is 120 cm³/mol. The lowest BCUT2D eigenvalue weighted by molar-refractivity contribution is 0.203. The minimum atomic E-state index is -3.90. The Morgan fingerprint density at radius 1 is 1.17 bits per heavy atom. The maximum Gasteiger partial charge on any atom is 0.276 e. The standard InChI is InChI=1S/C16H22B4FN5O3S/c1-8-11(6-25-14(13(8)21)23-7-24-25)10-3-15(17,18)26(16(19,20)4-10)30(27,28)12-5-22-9(2)29-12/h5-7,10H,3-4,17-20H2,1-2H3. The zero-order valence-corrected chi connectivity index (χ0v) is 18.8. The SMILES string of the molecule is BC1(B)CC(c2cn3ncnc3c(F)c2C)CC(B)(B)N1S(=O)(=O)c1cnc(C)o1.